The molecule has 26 heavy (non-hydrogen) atoms. The Morgan fingerprint density at radius 1 is 1.19 bits per heavy atom. The molecule has 0 spiro atoms. The van der Waals surface area contributed by atoms with Crippen LogP contribution in [-0.2, 0) is 11.8 Å². The van der Waals surface area contributed by atoms with Gasteiger partial charge >= 0.3 is 0 Å². The van der Waals surface area contributed by atoms with Crippen LogP contribution < -0.4 is 10.9 Å². The molecule has 1 amide bonds. The van der Waals surface area contributed by atoms with E-state index in [2.05, 4.69) is 15.3 Å². The number of ether oxygens (including phenoxy) is 1. The molecule has 1 saturated heterocycles. The summed E-state index contributed by atoms with van der Waals surface area (Å²) in [5.41, 5.74) is 2.37. The van der Waals surface area contributed by atoms with Gasteiger partial charge in [-0.05, 0) is 24.3 Å². The van der Waals surface area contributed by atoms with Crippen molar-refractivity contribution in [2.24, 2.45) is 7.05 Å². The molecule has 4 rings (SSSR count). The van der Waals surface area contributed by atoms with Gasteiger partial charge in [0.25, 0.3) is 11.5 Å². The van der Waals surface area contributed by atoms with Crippen molar-refractivity contribution in [1.82, 2.24) is 24.4 Å². The summed E-state index contributed by atoms with van der Waals surface area (Å²) in [6.45, 7) is 4.66. The zero-order chi connectivity index (χ0) is 18.1. The summed E-state index contributed by atoms with van der Waals surface area (Å²) < 4.78 is 8.48. The van der Waals surface area contributed by atoms with E-state index < -0.39 is 0 Å². The number of aromatic nitrogens is 3. The number of carbonyl (C=O) groups is 1. The first-order chi connectivity index (χ1) is 12.6. The Morgan fingerprint density at radius 2 is 2.00 bits per heavy atom. The average Bonchev–Trinajstić information content (AvgIpc) is 3.16. The van der Waals surface area contributed by atoms with E-state index in [9.17, 15) is 9.59 Å². The molecule has 0 atom stereocenters. The summed E-state index contributed by atoms with van der Waals surface area (Å²) in [5.74, 6) is -0.145. The minimum atomic E-state index is -0.145. The number of rotatable bonds is 4. The highest BCUT2D eigenvalue weighted by molar-refractivity contribution is 5.97. The largest absolute Gasteiger partial charge is 0.379 e. The van der Waals surface area contributed by atoms with Crippen molar-refractivity contribution in [2.75, 3.05) is 39.4 Å². The molecular formula is C18H21N5O3. The molecule has 2 aromatic heterocycles. The predicted octanol–water partition coefficient (Wildman–Crippen LogP) is 0.248. The van der Waals surface area contributed by atoms with Gasteiger partial charge in [0.15, 0.2) is 0 Å². The topological polar surface area (TPSA) is 80.9 Å². The Morgan fingerprint density at radius 3 is 2.81 bits per heavy atom. The summed E-state index contributed by atoms with van der Waals surface area (Å²) in [6, 6.07) is 7.01. The molecule has 1 aliphatic heterocycles. The molecule has 1 fully saturated rings. The van der Waals surface area contributed by atoms with E-state index in [1.165, 1.54) is 0 Å². The van der Waals surface area contributed by atoms with E-state index >= 15 is 0 Å². The molecule has 0 radical (unpaired) electrons. The SMILES string of the molecule is Cn1c(=O)c2ccnn2c2ccc(C(=O)NCCN3CCOCC3)cc21. The van der Waals surface area contributed by atoms with E-state index in [1.54, 1.807) is 40.5 Å². The van der Waals surface area contributed by atoms with Crippen molar-refractivity contribution >= 4 is 22.5 Å². The van der Waals surface area contributed by atoms with Gasteiger partial charge < -0.3 is 14.6 Å². The van der Waals surface area contributed by atoms with Gasteiger partial charge in [0.2, 0.25) is 0 Å². The van der Waals surface area contributed by atoms with E-state index in [4.69, 9.17) is 4.74 Å². The molecule has 136 valence electrons. The highest BCUT2D eigenvalue weighted by Crippen LogP contribution is 2.15. The van der Waals surface area contributed by atoms with Gasteiger partial charge in [-0.25, -0.2) is 4.52 Å². The molecule has 1 aromatic carbocycles. The number of carbonyl (C=O) groups excluding carboxylic acids is 1. The first kappa shape index (κ1) is 16.7. The zero-order valence-corrected chi connectivity index (χ0v) is 14.6. The average molecular weight is 355 g/mol. The maximum Gasteiger partial charge on any atom is 0.276 e. The van der Waals surface area contributed by atoms with Gasteiger partial charge in [0.05, 0.1) is 30.4 Å². The molecule has 0 bridgehead atoms. The van der Waals surface area contributed by atoms with Crippen LogP contribution in [0.15, 0.2) is 35.3 Å². The normalized spacial score (nSPS) is 15.6. The van der Waals surface area contributed by atoms with Crippen LogP contribution in [0.25, 0.3) is 16.6 Å². The third-order valence-corrected chi connectivity index (χ3v) is 4.81. The molecule has 0 unspecified atom stereocenters. The summed E-state index contributed by atoms with van der Waals surface area (Å²) >= 11 is 0. The first-order valence-corrected chi connectivity index (χ1v) is 8.70. The Bertz CT molecular complexity index is 1020. The van der Waals surface area contributed by atoms with E-state index in [1.807, 2.05) is 6.07 Å². The number of fused-ring (bicyclic) bond motifs is 3. The predicted molar refractivity (Wildman–Crippen MR) is 97.5 cm³/mol. The third kappa shape index (κ3) is 2.97. The second-order valence-electron chi connectivity index (χ2n) is 6.41. The molecule has 8 heteroatoms. The van der Waals surface area contributed by atoms with Crippen molar-refractivity contribution in [3.63, 3.8) is 0 Å². The van der Waals surface area contributed by atoms with Gasteiger partial charge in [0.1, 0.15) is 5.52 Å². The fourth-order valence-corrected chi connectivity index (χ4v) is 3.31. The standard InChI is InChI=1S/C18H21N5O3/c1-21-16-12-13(17(24)19-6-7-22-8-10-26-11-9-22)2-3-14(16)23-15(18(21)25)4-5-20-23/h2-5,12H,6-11H2,1H3,(H,19,24). The number of benzene rings is 1. The first-order valence-electron chi connectivity index (χ1n) is 8.70. The lowest BCUT2D eigenvalue weighted by atomic mass is 10.1. The minimum absolute atomic E-state index is 0.139. The van der Waals surface area contributed by atoms with E-state index in [0.29, 0.717) is 23.1 Å². The van der Waals surface area contributed by atoms with E-state index in [-0.39, 0.29) is 11.5 Å². The molecule has 0 aliphatic carbocycles. The van der Waals surface area contributed by atoms with Gasteiger partial charge in [-0.3, -0.25) is 14.5 Å². The van der Waals surface area contributed by atoms with Crippen LogP contribution in [0.3, 0.4) is 0 Å². The number of nitrogens with zero attached hydrogens (tertiary/aromatic N) is 4. The van der Waals surface area contributed by atoms with Crippen molar-refractivity contribution in [2.45, 2.75) is 0 Å². The zero-order valence-electron chi connectivity index (χ0n) is 14.6. The summed E-state index contributed by atoms with van der Waals surface area (Å²) in [7, 11) is 1.71. The second kappa shape index (κ2) is 6.89. The van der Waals surface area contributed by atoms with Gasteiger partial charge in [-0.2, -0.15) is 5.10 Å². The van der Waals surface area contributed by atoms with Gasteiger partial charge in [-0.1, -0.05) is 0 Å². The Hall–Kier alpha value is -2.71. The monoisotopic (exact) mass is 355 g/mol. The number of hydrogen-bond acceptors (Lipinski definition) is 5. The quantitative estimate of drug-likeness (QED) is 0.726. The molecule has 0 saturated carbocycles. The Labute approximate surface area is 150 Å². The summed E-state index contributed by atoms with van der Waals surface area (Å²) in [4.78, 5) is 27.2. The highest BCUT2D eigenvalue weighted by Gasteiger charge is 2.14. The fraction of sp³-hybridized carbons (Fsp3) is 0.389. The smallest absolute Gasteiger partial charge is 0.276 e. The maximum absolute atomic E-state index is 12.5. The number of hydrogen-bond donors (Lipinski definition) is 1. The van der Waals surface area contributed by atoms with Crippen LogP contribution in [0.5, 0.6) is 0 Å². The molecule has 1 N–H and O–H groups in total. The van der Waals surface area contributed by atoms with Crippen molar-refractivity contribution in [1.29, 1.82) is 0 Å². The maximum atomic E-state index is 12.5. The van der Waals surface area contributed by atoms with Crippen LogP contribution in [0, 0.1) is 0 Å². The molecule has 3 heterocycles. The highest BCUT2D eigenvalue weighted by atomic mass is 16.5. The lowest BCUT2D eigenvalue weighted by Gasteiger charge is -2.26. The second-order valence-corrected chi connectivity index (χ2v) is 6.41. The van der Waals surface area contributed by atoms with Crippen LogP contribution in [0.1, 0.15) is 10.4 Å². The third-order valence-electron chi connectivity index (χ3n) is 4.81. The molecular weight excluding hydrogens is 334 g/mol. The fourth-order valence-electron chi connectivity index (χ4n) is 3.31. The van der Waals surface area contributed by atoms with Crippen LogP contribution in [0.2, 0.25) is 0 Å². The van der Waals surface area contributed by atoms with Crippen molar-refractivity contribution in [3.8, 4) is 0 Å². The van der Waals surface area contributed by atoms with Crippen LogP contribution in [0.4, 0.5) is 0 Å². The number of amides is 1. The van der Waals surface area contributed by atoms with Crippen LogP contribution >= 0.6 is 0 Å². The number of morpholine rings is 1. The van der Waals surface area contributed by atoms with Gasteiger partial charge in [-0.15, -0.1) is 0 Å². The minimum Gasteiger partial charge on any atom is -0.379 e. The lowest BCUT2D eigenvalue weighted by molar-refractivity contribution is 0.0383. The lowest BCUT2D eigenvalue weighted by Crippen LogP contribution is -2.41. The Kier molecular flexibility index (Phi) is 4.44. The van der Waals surface area contributed by atoms with Crippen LogP contribution in [-0.4, -0.2) is 64.4 Å². The summed E-state index contributed by atoms with van der Waals surface area (Å²) in [6.07, 6.45) is 1.60. The number of nitrogens with one attached hydrogen (secondary N) is 1. The van der Waals surface area contributed by atoms with E-state index in [0.717, 1.165) is 38.4 Å². The molecule has 3 aromatic rings. The molecule has 1 aliphatic rings. The number of aryl methyl sites for hydroxylation is 1. The molecule has 8 nitrogen and oxygen atoms in total. The van der Waals surface area contributed by atoms with Crippen molar-refractivity contribution < 1.29 is 9.53 Å². The summed E-state index contributed by atoms with van der Waals surface area (Å²) in [5, 5.41) is 7.16. The van der Waals surface area contributed by atoms with Crippen molar-refractivity contribution in [3.05, 3.63) is 46.4 Å². The van der Waals surface area contributed by atoms with Gasteiger partial charge in [0, 0.05) is 38.8 Å². The Balaban J connectivity index is 1.55.